The van der Waals surface area contributed by atoms with Gasteiger partial charge in [-0.2, -0.15) is 5.10 Å². The highest BCUT2D eigenvalue weighted by Crippen LogP contribution is 2.25. The number of hydrogen-bond donors (Lipinski definition) is 0. The number of carbonyl (C=O) groups is 2. The van der Waals surface area contributed by atoms with Crippen molar-refractivity contribution >= 4 is 17.6 Å². The number of nitrogens with zero attached hydrogens (tertiary/aromatic N) is 5. The van der Waals surface area contributed by atoms with Crippen LogP contribution in [0.1, 0.15) is 38.8 Å². The summed E-state index contributed by atoms with van der Waals surface area (Å²) in [5, 5.41) is 4.38. The average Bonchev–Trinajstić information content (AvgIpc) is 2.93. The van der Waals surface area contributed by atoms with E-state index in [4.69, 9.17) is 0 Å². The van der Waals surface area contributed by atoms with Crippen molar-refractivity contribution < 1.29 is 9.59 Å². The van der Waals surface area contributed by atoms with Crippen LogP contribution in [0.3, 0.4) is 0 Å². The Balaban J connectivity index is 1.62. The van der Waals surface area contributed by atoms with E-state index < -0.39 is 0 Å². The van der Waals surface area contributed by atoms with Gasteiger partial charge in [0.05, 0.1) is 11.7 Å². The standard InChI is InChI=1S/C19H31N5O2/c1-14(2)12-18(25)23-10-8-22(9-11-23)16-6-5-7-24(19(16)26)17-13-15(3)20-21(17)4/h13-14,16H,5-12H2,1-4H3/t16-/m1/s1. The molecule has 7 nitrogen and oxygen atoms in total. The van der Waals surface area contributed by atoms with Gasteiger partial charge in [-0.1, -0.05) is 13.8 Å². The first kappa shape index (κ1) is 18.9. The molecule has 2 fully saturated rings. The molecule has 1 aromatic heterocycles. The molecule has 0 aromatic carbocycles. The van der Waals surface area contributed by atoms with Crippen LogP contribution in [-0.2, 0) is 16.6 Å². The number of piperazine rings is 1. The van der Waals surface area contributed by atoms with Crippen molar-refractivity contribution in [2.24, 2.45) is 13.0 Å². The lowest BCUT2D eigenvalue weighted by Crippen LogP contribution is -2.58. The number of hydrogen-bond acceptors (Lipinski definition) is 4. The summed E-state index contributed by atoms with van der Waals surface area (Å²) in [6, 6.07) is 1.89. The van der Waals surface area contributed by atoms with E-state index in [1.807, 2.05) is 29.8 Å². The third kappa shape index (κ3) is 3.92. The van der Waals surface area contributed by atoms with Gasteiger partial charge in [0.25, 0.3) is 0 Å². The molecule has 26 heavy (non-hydrogen) atoms. The van der Waals surface area contributed by atoms with Gasteiger partial charge in [-0.3, -0.25) is 24.1 Å². The summed E-state index contributed by atoms with van der Waals surface area (Å²) in [4.78, 5) is 31.5. The molecule has 2 aliphatic heterocycles. The third-order valence-corrected chi connectivity index (χ3v) is 5.35. The van der Waals surface area contributed by atoms with Gasteiger partial charge in [0.2, 0.25) is 11.8 Å². The highest BCUT2D eigenvalue weighted by Gasteiger charge is 2.36. The van der Waals surface area contributed by atoms with Crippen LogP contribution in [0.5, 0.6) is 0 Å². The van der Waals surface area contributed by atoms with Crippen LogP contribution in [0, 0.1) is 12.8 Å². The van der Waals surface area contributed by atoms with Crippen molar-refractivity contribution in [3.8, 4) is 0 Å². The molecule has 2 aliphatic rings. The van der Waals surface area contributed by atoms with Gasteiger partial charge in [-0.05, 0) is 25.7 Å². The Labute approximate surface area is 155 Å². The first-order valence-electron chi connectivity index (χ1n) is 9.70. The van der Waals surface area contributed by atoms with Crippen molar-refractivity contribution in [2.45, 2.75) is 46.1 Å². The van der Waals surface area contributed by atoms with E-state index in [0.29, 0.717) is 12.3 Å². The van der Waals surface area contributed by atoms with E-state index in [1.165, 1.54) is 0 Å². The molecule has 0 radical (unpaired) electrons. The zero-order valence-electron chi connectivity index (χ0n) is 16.4. The fraction of sp³-hybridized carbons (Fsp3) is 0.737. The largest absolute Gasteiger partial charge is 0.340 e. The molecule has 7 heteroatoms. The maximum Gasteiger partial charge on any atom is 0.245 e. The summed E-state index contributed by atoms with van der Waals surface area (Å²) in [7, 11) is 1.89. The highest BCUT2D eigenvalue weighted by molar-refractivity contribution is 5.97. The molecular weight excluding hydrogens is 330 g/mol. The molecule has 2 saturated heterocycles. The van der Waals surface area contributed by atoms with Crippen LogP contribution in [0.15, 0.2) is 6.07 Å². The maximum absolute atomic E-state index is 13.1. The Morgan fingerprint density at radius 2 is 1.92 bits per heavy atom. The van der Waals surface area contributed by atoms with E-state index in [0.717, 1.165) is 57.1 Å². The van der Waals surface area contributed by atoms with Crippen LogP contribution >= 0.6 is 0 Å². The summed E-state index contributed by atoms with van der Waals surface area (Å²) < 4.78 is 1.79. The Bertz CT molecular complexity index is 661. The fourth-order valence-corrected chi connectivity index (χ4v) is 4.03. The van der Waals surface area contributed by atoms with E-state index in [1.54, 1.807) is 4.68 Å². The summed E-state index contributed by atoms with van der Waals surface area (Å²) in [5.41, 5.74) is 0.926. The molecule has 0 aliphatic carbocycles. The second-order valence-electron chi connectivity index (χ2n) is 7.93. The number of aromatic nitrogens is 2. The molecule has 3 heterocycles. The third-order valence-electron chi connectivity index (χ3n) is 5.35. The smallest absolute Gasteiger partial charge is 0.245 e. The zero-order valence-corrected chi connectivity index (χ0v) is 16.4. The summed E-state index contributed by atoms with van der Waals surface area (Å²) >= 11 is 0. The summed E-state index contributed by atoms with van der Waals surface area (Å²) in [6.45, 7) is 9.84. The van der Waals surface area contributed by atoms with Crippen molar-refractivity contribution in [1.82, 2.24) is 19.6 Å². The molecule has 1 aromatic rings. The number of aryl methyl sites for hydroxylation is 2. The van der Waals surface area contributed by atoms with Gasteiger partial charge in [0, 0.05) is 52.3 Å². The number of piperidine rings is 1. The minimum atomic E-state index is -0.0821. The molecule has 144 valence electrons. The van der Waals surface area contributed by atoms with E-state index >= 15 is 0 Å². The monoisotopic (exact) mass is 361 g/mol. The topological polar surface area (TPSA) is 61.7 Å². The van der Waals surface area contributed by atoms with Crippen molar-refractivity contribution in [1.29, 1.82) is 0 Å². The molecule has 0 bridgehead atoms. The lowest BCUT2D eigenvalue weighted by atomic mass is 10.0. The molecule has 1 atom stereocenters. The SMILES string of the molecule is Cc1cc(N2CCC[C@@H](N3CCN(C(=O)CC(C)C)CC3)C2=O)n(C)n1. The summed E-state index contributed by atoms with van der Waals surface area (Å²) in [5.74, 6) is 1.67. The van der Waals surface area contributed by atoms with E-state index in [9.17, 15) is 9.59 Å². The van der Waals surface area contributed by atoms with Crippen LogP contribution in [0.2, 0.25) is 0 Å². The van der Waals surface area contributed by atoms with Gasteiger partial charge in [-0.25, -0.2) is 0 Å². The first-order valence-corrected chi connectivity index (χ1v) is 9.70. The molecule has 0 spiro atoms. The van der Waals surface area contributed by atoms with Crippen LogP contribution in [0.25, 0.3) is 0 Å². The minimum absolute atomic E-state index is 0.0821. The molecular formula is C19H31N5O2. The van der Waals surface area contributed by atoms with Crippen LogP contribution in [0.4, 0.5) is 5.82 Å². The predicted molar refractivity (Wildman–Crippen MR) is 101 cm³/mol. The van der Waals surface area contributed by atoms with Crippen LogP contribution in [-0.4, -0.2) is 70.2 Å². The molecule has 0 N–H and O–H groups in total. The van der Waals surface area contributed by atoms with Crippen molar-refractivity contribution in [2.75, 3.05) is 37.6 Å². The number of rotatable bonds is 4. The predicted octanol–water partition coefficient (Wildman–Crippen LogP) is 1.41. The first-order chi connectivity index (χ1) is 12.4. The van der Waals surface area contributed by atoms with Gasteiger partial charge < -0.3 is 4.90 Å². The fourth-order valence-electron chi connectivity index (χ4n) is 4.03. The maximum atomic E-state index is 13.1. The number of anilines is 1. The molecule has 2 amide bonds. The number of amides is 2. The quantitative estimate of drug-likeness (QED) is 0.814. The van der Waals surface area contributed by atoms with Gasteiger partial charge in [-0.15, -0.1) is 0 Å². The molecule has 0 unspecified atom stereocenters. The normalized spacial score (nSPS) is 22.3. The number of carbonyl (C=O) groups excluding carboxylic acids is 2. The molecule has 0 saturated carbocycles. The van der Waals surface area contributed by atoms with Crippen molar-refractivity contribution in [3.63, 3.8) is 0 Å². The average molecular weight is 361 g/mol. The van der Waals surface area contributed by atoms with Crippen LogP contribution < -0.4 is 4.90 Å². The molecule has 3 rings (SSSR count). The summed E-state index contributed by atoms with van der Waals surface area (Å²) in [6.07, 6.45) is 2.50. The van der Waals surface area contributed by atoms with Crippen molar-refractivity contribution in [3.05, 3.63) is 11.8 Å². The zero-order chi connectivity index (χ0) is 18.8. The van der Waals surface area contributed by atoms with Gasteiger partial charge in [0.15, 0.2) is 0 Å². The Morgan fingerprint density at radius 1 is 1.23 bits per heavy atom. The Hall–Kier alpha value is -1.89. The lowest BCUT2D eigenvalue weighted by Gasteiger charge is -2.42. The van der Waals surface area contributed by atoms with Gasteiger partial charge >= 0.3 is 0 Å². The Morgan fingerprint density at radius 3 is 2.50 bits per heavy atom. The lowest BCUT2D eigenvalue weighted by molar-refractivity contribution is -0.135. The second kappa shape index (κ2) is 7.78. The second-order valence-corrected chi connectivity index (χ2v) is 7.93. The van der Waals surface area contributed by atoms with E-state index in [-0.39, 0.29) is 17.9 Å². The highest BCUT2D eigenvalue weighted by atomic mass is 16.2. The van der Waals surface area contributed by atoms with E-state index in [2.05, 4.69) is 23.8 Å². The minimum Gasteiger partial charge on any atom is -0.340 e. The van der Waals surface area contributed by atoms with Gasteiger partial charge in [0.1, 0.15) is 5.82 Å². The Kier molecular flexibility index (Phi) is 5.65.